The van der Waals surface area contributed by atoms with E-state index >= 15 is 0 Å². The van der Waals surface area contributed by atoms with E-state index < -0.39 is 0 Å². The molecule has 0 aromatic heterocycles. The summed E-state index contributed by atoms with van der Waals surface area (Å²) < 4.78 is 0. The van der Waals surface area contributed by atoms with Crippen LogP contribution in [0, 0.1) is 0 Å². The van der Waals surface area contributed by atoms with Crippen LogP contribution in [-0.4, -0.2) is 0 Å². The second kappa shape index (κ2) is 28.1. The van der Waals surface area contributed by atoms with Gasteiger partial charge in [-0.3, -0.25) is 0 Å². The van der Waals surface area contributed by atoms with Crippen LogP contribution in [0.25, 0.3) is 0 Å². The zero-order chi connectivity index (χ0) is 2.00. The Morgan fingerprint density at radius 2 is 1.00 bits per heavy atom. The summed E-state index contributed by atoms with van der Waals surface area (Å²) in [6.45, 7) is 0. The fourth-order valence-corrected chi connectivity index (χ4v) is 0. The Labute approximate surface area is 88.5 Å². The van der Waals surface area contributed by atoms with Crippen LogP contribution in [0.4, 0.5) is 0 Å². The molecule has 0 saturated heterocycles. The van der Waals surface area contributed by atoms with Gasteiger partial charge in [0.1, 0.15) is 0 Å². The summed E-state index contributed by atoms with van der Waals surface area (Å²) in [5.41, 5.74) is 0. The number of hydrogen-bond acceptors (Lipinski definition) is 0. The van der Waals surface area contributed by atoms with Crippen molar-refractivity contribution in [2.45, 2.75) is 0 Å². The van der Waals surface area contributed by atoms with Crippen LogP contribution < -0.4 is 12.4 Å². The molecular formula is Ag2BrClI+. The summed E-state index contributed by atoms with van der Waals surface area (Å²) in [7, 11) is 0. The summed E-state index contributed by atoms with van der Waals surface area (Å²) in [4.78, 5) is 0. The fraction of sp³-hybridized carbons (Fsp3) is 0. The van der Waals surface area contributed by atoms with Crippen LogP contribution in [0.5, 0.6) is 0 Å². The minimum atomic E-state index is 0. The normalized spacial score (nSPS) is 1.20. The Morgan fingerprint density at radius 1 is 1.00 bits per heavy atom. The first-order valence-corrected chi connectivity index (χ1v) is 4.98. The molecule has 5 heavy (non-hydrogen) atoms. The standard InChI is InChI=1S/2Ag.BrI.ClH/c;;1-2;/h;;;1H/q2*+1;;/p-1. The molecule has 0 aliphatic heterocycles. The van der Waals surface area contributed by atoms with Crippen molar-refractivity contribution in [2.24, 2.45) is 0 Å². The number of hydrogen-bond donors (Lipinski definition) is 0. The molecule has 0 aliphatic carbocycles. The molecule has 0 spiro atoms. The van der Waals surface area contributed by atoms with Gasteiger partial charge in [0, 0.05) is 20.4 Å². The van der Waals surface area contributed by atoms with Crippen molar-refractivity contribution in [1.82, 2.24) is 0 Å². The van der Waals surface area contributed by atoms with E-state index in [0.717, 1.165) is 0 Å². The third-order valence-corrected chi connectivity index (χ3v) is 0. The van der Waals surface area contributed by atoms with Crippen molar-refractivity contribution < 1.29 is 57.2 Å². The molecule has 0 bridgehead atoms. The Kier molecular flexibility index (Phi) is 138. The maximum atomic E-state index is 2.91. The van der Waals surface area contributed by atoms with Crippen molar-refractivity contribution in [1.29, 1.82) is 0 Å². The van der Waals surface area contributed by atoms with Crippen LogP contribution in [0.15, 0.2) is 0 Å². The molecule has 0 aromatic carbocycles. The summed E-state index contributed by atoms with van der Waals surface area (Å²) in [5, 5.41) is 0. The molecule has 0 heterocycles. The van der Waals surface area contributed by atoms with Gasteiger partial charge >= 0.3 is 44.8 Å². The van der Waals surface area contributed by atoms with Crippen LogP contribution >= 0.6 is 33.1 Å². The molecule has 0 amide bonds. The second-order valence-corrected chi connectivity index (χ2v) is 0. The third-order valence-electron chi connectivity index (χ3n) is 0. The summed E-state index contributed by atoms with van der Waals surface area (Å²) in [6, 6.07) is 0. The van der Waals surface area contributed by atoms with Gasteiger partial charge < -0.3 is 12.4 Å². The van der Waals surface area contributed by atoms with E-state index in [1.807, 2.05) is 20.4 Å². The van der Waals surface area contributed by atoms with Gasteiger partial charge in [0.2, 0.25) is 0 Å². The van der Waals surface area contributed by atoms with Crippen LogP contribution in [-0.2, 0) is 44.8 Å². The molecule has 0 N–H and O–H groups in total. The predicted octanol–water partition coefficient (Wildman–Crippen LogP) is -1.27. The molecule has 0 aromatic rings. The van der Waals surface area contributed by atoms with Crippen molar-refractivity contribution >= 4 is 33.1 Å². The molecule has 0 radical (unpaired) electrons. The molecular weight excluding hydrogens is 458 g/mol. The Balaban J connectivity index is -0.00000000167. The van der Waals surface area contributed by atoms with Gasteiger partial charge in [-0.25, -0.2) is 0 Å². The molecule has 0 unspecified atom stereocenters. The van der Waals surface area contributed by atoms with Gasteiger partial charge in [-0.2, -0.15) is 0 Å². The Morgan fingerprint density at radius 3 is 1.00 bits per heavy atom. The van der Waals surface area contributed by atoms with E-state index in [0.29, 0.717) is 0 Å². The van der Waals surface area contributed by atoms with Gasteiger partial charge in [0.25, 0.3) is 0 Å². The fourth-order valence-electron chi connectivity index (χ4n) is 0. The average Bonchev–Trinajstić information content (AvgIpc) is 1.00. The third kappa shape index (κ3) is 19.5. The van der Waals surface area contributed by atoms with Gasteiger partial charge in [0.15, 0.2) is 0 Å². The first-order valence-electron chi connectivity index (χ1n) is 0.143. The van der Waals surface area contributed by atoms with E-state index in [4.69, 9.17) is 0 Å². The average molecular weight is 458 g/mol. The van der Waals surface area contributed by atoms with E-state index in [2.05, 4.69) is 12.7 Å². The van der Waals surface area contributed by atoms with Crippen molar-refractivity contribution in [2.75, 3.05) is 0 Å². The predicted molar refractivity (Wildman–Crippen MR) is 22.9 cm³/mol. The smallest absolute Gasteiger partial charge is 1.00 e. The topological polar surface area (TPSA) is 0 Å². The number of halogens is 3. The van der Waals surface area contributed by atoms with Gasteiger partial charge in [0.05, 0.1) is 0 Å². The van der Waals surface area contributed by atoms with Crippen LogP contribution in [0.2, 0.25) is 0 Å². The van der Waals surface area contributed by atoms with E-state index in [1.165, 1.54) is 0 Å². The minimum Gasteiger partial charge on any atom is -1.00 e. The van der Waals surface area contributed by atoms with Crippen LogP contribution in [0.1, 0.15) is 0 Å². The first-order chi connectivity index (χ1) is 1.00. The Hall–Kier alpha value is 2.98. The zero-order valence-electron chi connectivity index (χ0n) is 1.74. The summed E-state index contributed by atoms with van der Waals surface area (Å²) in [6.07, 6.45) is 0. The molecule has 0 atom stereocenters. The van der Waals surface area contributed by atoms with Gasteiger partial charge in [-0.1, -0.05) is 0 Å². The molecule has 0 saturated carbocycles. The van der Waals surface area contributed by atoms with E-state index in [9.17, 15) is 0 Å². The minimum absolute atomic E-state index is 0. The monoisotopic (exact) mass is 455 g/mol. The van der Waals surface area contributed by atoms with Gasteiger partial charge in [-0.05, 0) is 12.7 Å². The first kappa shape index (κ1) is 24.5. The van der Waals surface area contributed by atoms with E-state index in [1.54, 1.807) is 0 Å². The quantitative estimate of drug-likeness (QED) is 0.314. The van der Waals surface area contributed by atoms with Crippen molar-refractivity contribution in [3.63, 3.8) is 0 Å². The maximum absolute atomic E-state index is 2.91. The zero-order valence-corrected chi connectivity index (χ0v) is 9.20. The SMILES string of the molecule is BrI.[Ag+].[Ag+].[Cl-]. The molecule has 0 rings (SSSR count). The van der Waals surface area contributed by atoms with Gasteiger partial charge in [-0.15, -0.1) is 0 Å². The second-order valence-electron chi connectivity index (χ2n) is 0. The maximum Gasteiger partial charge on any atom is 1.00 e. The molecule has 5 heteroatoms. The van der Waals surface area contributed by atoms with Crippen molar-refractivity contribution in [3.8, 4) is 0 Å². The molecule has 0 fully saturated rings. The molecule has 0 aliphatic rings. The van der Waals surface area contributed by atoms with Crippen LogP contribution in [0.3, 0.4) is 0 Å². The Bertz CT molecular complexity index is 9.61. The molecule has 42 valence electrons. The van der Waals surface area contributed by atoms with E-state index in [-0.39, 0.29) is 57.2 Å². The summed E-state index contributed by atoms with van der Waals surface area (Å²) in [5.74, 6) is 0. The summed E-state index contributed by atoms with van der Waals surface area (Å²) >= 11 is 4.87. The number of rotatable bonds is 0. The molecule has 0 nitrogen and oxygen atoms in total. The largest absolute Gasteiger partial charge is 1.00 e. The van der Waals surface area contributed by atoms with Crippen molar-refractivity contribution in [3.05, 3.63) is 0 Å².